The highest BCUT2D eigenvalue weighted by Crippen LogP contribution is 2.46. The Balaban J connectivity index is 2.18. The number of amides is 2. The third-order valence-electron chi connectivity index (χ3n) is 5.55. The van der Waals surface area contributed by atoms with Crippen LogP contribution in [0.2, 0.25) is 5.02 Å². The van der Waals surface area contributed by atoms with Gasteiger partial charge < -0.3 is 15.3 Å². The Bertz CT molecular complexity index is 632. The second kappa shape index (κ2) is 7.34. The summed E-state index contributed by atoms with van der Waals surface area (Å²) < 4.78 is 0. The maximum absolute atomic E-state index is 12.8. The summed E-state index contributed by atoms with van der Waals surface area (Å²) in [5, 5.41) is 14.6. The lowest BCUT2D eigenvalue weighted by Crippen LogP contribution is -2.58. The lowest BCUT2D eigenvalue weighted by molar-refractivity contribution is -0.156. The zero-order chi connectivity index (χ0) is 18.8. The number of nitrogens with one attached hydrogen (secondary N) is 1. The number of carbonyl (C=O) groups excluding carboxylic acids is 2. The van der Waals surface area contributed by atoms with Gasteiger partial charge in [-0.2, -0.15) is 0 Å². The molecule has 2 amide bonds. The summed E-state index contributed by atoms with van der Waals surface area (Å²) in [4.78, 5) is 25.2. The number of hydrogen-bond acceptors (Lipinski definition) is 3. The van der Waals surface area contributed by atoms with Gasteiger partial charge in [-0.05, 0) is 31.0 Å². The van der Waals surface area contributed by atoms with E-state index in [0.717, 1.165) is 5.56 Å². The summed E-state index contributed by atoms with van der Waals surface area (Å²) in [6.45, 7) is 8.49. The van der Waals surface area contributed by atoms with E-state index in [1.54, 1.807) is 17.0 Å². The molecule has 1 aromatic rings. The van der Waals surface area contributed by atoms with Crippen molar-refractivity contribution >= 4 is 23.9 Å². The molecular weight excluding hydrogens is 340 g/mol. The van der Waals surface area contributed by atoms with Crippen molar-refractivity contribution in [2.75, 3.05) is 13.1 Å². The molecule has 1 fully saturated rings. The van der Waals surface area contributed by atoms with E-state index >= 15 is 0 Å². The second-order valence-corrected chi connectivity index (χ2v) is 8.06. The number of aliphatic hydroxyl groups is 1. The van der Waals surface area contributed by atoms with Crippen molar-refractivity contribution in [3.63, 3.8) is 0 Å². The van der Waals surface area contributed by atoms with Crippen LogP contribution in [0, 0.1) is 11.3 Å². The summed E-state index contributed by atoms with van der Waals surface area (Å²) in [6.07, 6.45) is 1.07. The van der Waals surface area contributed by atoms with Crippen LogP contribution in [0.5, 0.6) is 0 Å². The molecule has 138 valence electrons. The minimum absolute atomic E-state index is 0.00641. The number of likely N-dealkylation sites (tertiary alicyclic amines) is 1. The number of rotatable bonds is 5. The van der Waals surface area contributed by atoms with Gasteiger partial charge in [0, 0.05) is 29.6 Å². The lowest BCUT2D eigenvalue weighted by Gasteiger charge is -2.51. The predicted molar refractivity (Wildman–Crippen MR) is 98.2 cm³/mol. The molecule has 0 radical (unpaired) electrons. The number of piperidine rings is 1. The van der Waals surface area contributed by atoms with Gasteiger partial charge in [-0.3, -0.25) is 9.59 Å². The largest absolute Gasteiger partial charge is 0.384 e. The Labute approximate surface area is 154 Å². The zero-order valence-electron chi connectivity index (χ0n) is 15.3. The molecule has 2 N–H and O–H groups in total. The SMILES string of the molecule is CC(NC=O)[C@@H](C)C(=O)N1CC[C@](O)(c2ccc(Cl)cc2)C(C)(C)C1. The molecular formula is C19H27ClN2O3. The van der Waals surface area contributed by atoms with Gasteiger partial charge in [0.1, 0.15) is 0 Å². The second-order valence-electron chi connectivity index (χ2n) is 7.62. The minimum atomic E-state index is -1.02. The van der Waals surface area contributed by atoms with E-state index in [0.29, 0.717) is 30.9 Å². The standard InChI is InChI=1S/C19H27ClN2O3/c1-13(14(2)21-12-23)17(24)22-10-9-19(25,18(3,4)11-22)15-5-7-16(20)8-6-15/h5-8,12-14,25H,9-11H2,1-4H3,(H,21,23)/t13-,14?,19+/m1/s1. The van der Waals surface area contributed by atoms with Gasteiger partial charge in [-0.15, -0.1) is 0 Å². The monoisotopic (exact) mass is 366 g/mol. The summed E-state index contributed by atoms with van der Waals surface area (Å²) >= 11 is 5.96. The van der Waals surface area contributed by atoms with Crippen LogP contribution < -0.4 is 5.32 Å². The van der Waals surface area contributed by atoms with Crippen LogP contribution in [0.4, 0.5) is 0 Å². The smallest absolute Gasteiger partial charge is 0.227 e. The average Bonchev–Trinajstić information content (AvgIpc) is 2.56. The minimum Gasteiger partial charge on any atom is -0.384 e. The van der Waals surface area contributed by atoms with Gasteiger partial charge in [0.05, 0.1) is 11.5 Å². The summed E-state index contributed by atoms with van der Waals surface area (Å²) in [5.41, 5.74) is -0.724. The van der Waals surface area contributed by atoms with Crippen molar-refractivity contribution in [1.82, 2.24) is 10.2 Å². The van der Waals surface area contributed by atoms with E-state index in [-0.39, 0.29) is 17.9 Å². The first-order valence-electron chi connectivity index (χ1n) is 8.59. The Morgan fingerprint density at radius 3 is 2.44 bits per heavy atom. The fraction of sp³-hybridized carbons (Fsp3) is 0.579. The third-order valence-corrected chi connectivity index (χ3v) is 5.81. The Morgan fingerprint density at radius 1 is 1.32 bits per heavy atom. The molecule has 0 bridgehead atoms. The first-order valence-corrected chi connectivity index (χ1v) is 8.97. The quantitative estimate of drug-likeness (QED) is 0.787. The Hall–Kier alpha value is -1.59. The van der Waals surface area contributed by atoms with E-state index < -0.39 is 11.0 Å². The lowest BCUT2D eigenvalue weighted by atomic mass is 9.66. The van der Waals surface area contributed by atoms with Crippen molar-refractivity contribution in [3.05, 3.63) is 34.9 Å². The van der Waals surface area contributed by atoms with Crippen molar-refractivity contribution in [2.24, 2.45) is 11.3 Å². The molecule has 3 atom stereocenters. The maximum atomic E-state index is 12.8. The third kappa shape index (κ3) is 3.82. The molecule has 1 heterocycles. The predicted octanol–water partition coefficient (Wildman–Crippen LogP) is 2.56. The molecule has 0 saturated carbocycles. The van der Waals surface area contributed by atoms with Gasteiger partial charge in [-0.25, -0.2) is 0 Å². The van der Waals surface area contributed by atoms with Crippen LogP contribution in [-0.2, 0) is 15.2 Å². The van der Waals surface area contributed by atoms with Crippen LogP contribution in [0.15, 0.2) is 24.3 Å². The number of nitrogens with zero attached hydrogens (tertiary/aromatic N) is 1. The van der Waals surface area contributed by atoms with E-state index in [9.17, 15) is 14.7 Å². The Kier molecular flexibility index (Phi) is 5.79. The van der Waals surface area contributed by atoms with Gasteiger partial charge in [0.15, 0.2) is 0 Å². The summed E-state index contributed by atoms with van der Waals surface area (Å²) in [7, 11) is 0. The molecule has 25 heavy (non-hydrogen) atoms. The first-order chi connectivity index (χ1) is 11.6. The highest BCUT2D eigenvalue weighted by molar-refractivity contribution is 6.30. The van der Waals surface area contributed by atoms with Crippen LogP contribution in [0.1, 0.15) is 39.7 Å². The van der Waals surface area contributed by atoms with Gasteiger partial charge >= 0.3 is 0 Å². The molecule has 5 nitrogen and oxygen atoms in total. The average molecular weight is 367 g/mol. The molecule has 0 spiro atoms. The summed E-state index contributed by atoms with van der Waals surface area (Å²) in [5.74, 6) is -0.323. The number of carbonyl (C=O) groups is 2. The topological polar surface area (TPSA) is 69.6 Å². The summed E-state index contributed by atoms with van der Waals surface area (Å²) in [6, 6.07) is 7.01. The molecule has 1 aromatic carbocycles. The van der Waals surface area contributed by atoms with E-state index in [1.807, 2.05) is 39.8 Å². The van der Waals surface area contributed by atoms with Gasteiger partial charge in [-0.1, -0.05) is 44.5 Å². The Morgan fingerprint density at radius 2 is 1.92 bits per heavy atom. The molecule has 1 aliphatic heterocycles. The maximum Gasteiger partial charge on any atom is 0.227 e. The highest BCUT2D eigenvalue weighted by atomic mass is 35.5. The number of halogens is 1. The van der Waals surface area contributed by atoms with Crippen molar-refractivity contribution in [2.45, 2.75) is 45.8 Å². The van der Waals surface area contributed by atoms with Crippen LogP contribution >= 0.6 is 11.6 Å². The highest BCUT2D eigenvalue weighted by Gasteiger charge is 2.50. The molecule has 0 aliphatic carbocycles. The fourth-order valence-electron chi connectivity index (χ4n) is 3.52. The molecule has 1 saturated heterocycles. The zero-order valence-corrected chi connectivity index (χ0v) is 16.0. The number of hydrogen-bond donors (Lipinski definition) is 2. The van der Waals surface area contributed by atoms with Gasteiger partial charge in [0.2, 0.25) is 12.3 Å². The number of benzene rings is 1. The normalized spacial score (nSPS) is 25.1. The van der Waals surface area contributed by atoms with Crippen LogP contribution in [0.25, 0.3) is 0 Å². The fourth-order valence-corrected chi connectivity index (χ4v) is 3.65. The van der Waals surface area contributed by atoms with Crippen molar-refractivity contribution in [1.29, 1.82) is 0 Å². The van der Waals surface area contributed by atoms with Crippen LogP contribution in [-0.4, -0.2) is 41.5 Å². The molecule has 1 unspecified atom stereocenters. The van der Waals surface area contributed by atoms with Gasteiger partial charge in [0.25, 0.3) is 0 Å². The molecule has 2 rings (SSSR count). The molecule has 0 aromatic heterocycles. The molecule has 1 aliphatic rings. The first kappa shape index (κ1) is 19.7. The van der Waals surface area contributed by atoms with E-state index in [2.05, 4.69) is 5.32 Å². The van der Waals surface area contributed by atoms with E-state index in [1.165, 1.54) is 0 Å². The van der Waals surface area contributed by atoms with Crippen molar-refractivity contribution in [3.8, 4) is 0 Å². The van der Waals surface area contributed by atoms with E-state index in [4.69, 9.17) is 11.6 Å². The van der Waals surface area contributed by atoms with Crippen LogP contribution in [0.3, 0.4) is 0 Å². The molecule has 6 heteroatoms. The van der Waals surface area contributed by atoms with Crippen molar-refractivity contribution < 1.29 is 14.7 Å².